The molecule has 116 valence electrons. The van der Waals surface area contributed by atoms with Crippen LogP contribution < -0.4 is 0 Å². The standard InChI is InChI=1S/2C6H12O.2CO2/c2*1-3-5-6(7)4-2;2*2-1-3/h2*3-5H2,1-2H3;;. The van der Waals surface area contributed by atoms with E-state index >= 15 is 0 Å². The minimum Gasteiger partial charge on any atom is -0.300 e. The van der Waals surface area contributed by atoms with Crippen LogP contribution in [0.25, 0.3) is 0 Å². The lowest BCUT2D eigenvalue weighted by molar-refractivity contribution is -0.193. The normalized spacial score (nSPS) is 7.00. The predicted octanol–water partition coefficient (Wildman–Crippen LogP) is 2.36. The molecule has 0 aromatic rings. The monoisotopic (exact) mass is 288 g/mol. The Morgan fingerprint density at radius 3 is 0.900 bits per heavy atom. The number of Topliss-reactive ketones (excluding diaryl/α,β-unsaturated/α-hetero) is 2. The van der Waals surface area contributed by atoms with Crippen molar-refractivity contribution in [1.29, 1.82) is 0 Å². The van der Waals surface area contributed by atoms with Crippen LogP contribution in [0.5, 0.6) is 0 Å². The lowest BCUT2D eigenvalue weighted by Crippen LogP contribution is -1.91. The second-order valence-corrected chi connectivity index (χ2v) is 3.45. The molecule has 0 fully saturated rings. The minimum absolute atomic E-state index is 0.250. The van der Waals surface area contributed by atoms with Crippen molar-refractivity contribution >= 4 is 23.9 Å². The number of rotatable bonds is 6. The van der Waals surface area contributed by atoms with Crippen molar-refractivity contribution in [2.45, 2.75) is 66.2 Å². The summed E-state index contributed by atoms with van der Waals surface area (Å²) in [6.07, 6.45) is 5.41. The maximum absolute atomic E-state index is 10.4. The minimum atomic E-state index is 0.250. The number of carbonyl (C=O) groups excluding carboxylic acids is 6. The fourth-order valence-electron chi connectivity index (χ4n) is 0.911. The Hall–Kier alpha value is -1.90. The Labute approximate surface area is 119 Å². The van der Waals surface area contributed by atoms with E-state index in [0.29, 0.717) is 24.4 Å². The molecule has 6 nitrogen and oxygen atoms in total. The molecule has 0 aliphatic heterocycles. The molecule has 0 heterocycles. The smallest absolute Gasteiger partial charge is 0.300 e. The van der Waals surface area contributed by atoms with Crippen molar-refractivity contribution in [3.63, 3.8) is 0 Å². The summed E-state index contributed by atoms with van der Waals surface area (Å²) in [4.78, 5) is 53.3. The van der Waals surface area contributed by atoms with Gasteiger partial charge in [-0.05, 0) is 12.8 Å². The van der Waals surface area contributed by atoms with Gasteiger partial charge in [-0.2, -0.15) is 19.2 Å². The van der Waals surface area contributed by atoms with Crippen LogP contribution in [-0.2, 0) is 28.8 Å². The summed E-state index contributed by atoms with van der Waals surface area (Å²) in [7, 11) is 0. The molecule has 0 bridgehead atoms. The van der Waals surface area contributed by atoms with Crippen LogP contribution >= 0.6 is 0 Å². The topological polar surface area (TPSA) is 102 Å². The molecule has 0 saturated heterocycles. The Bertz CT molecular complexity index is 254. The van der Waals surface area contributed by atoms with Crippen LogP contribution in [0.15, 0.2) is 0 Å². The van der Waals surface area contributed by atoms with Crippen LogP contribution in [0.1, 0.15) is 66.2 Å². The third-order valence-electron chi connectivity index (χ3n) is 1.85. The molecule has 20 heavy (non-hydrogen) atoms. The zero-order valence-electron chi connectivity index (χ0n) is 12.7. The van der Waals surface area contributed by atoms with Gasteiger partial charge in [0, 0.05) is 25.7 Å². The first-order chi connectivity index (χ1) is 9.44. The molecule has 0 unspecified atom stereocenters. The second kappa shape index (κ2) is 30.3. The van der Waals surface area contributed by atoms with E-state index in [0.717, 1.165) is 25.7 Å². The molecule has 0 aliphatic rings. The zero-order chi connectivity index (χ0) is 16.8. The summed E-state index contributed by atoms with van der Waals surface area (Å²) < 4.78 is 0. The molecule has 0 aromatic carbocycles. The largest absolute Gasteiger partial charge is 0.373 e. The van der Waals surface area contributed by atoms with Crippen LogP contribution in [0.3, 0.4) is 0 Å². The molecule has 0 radical (unpaired) electrons. The van der Waals surface area contributed by atoms with Gasteiger partial charge < -0.3 is 0 Å². The highest BCUT2D eigenvalue weighted by molar-refractivity contribution is 5.78. The molecule has 0 N–H and O–H groups in total. The van der Waals surface area contributed by atoms with Gasteiger partial charge in [0.1, 0.15) is 11.6 Å². The molecular weight excluding hydrogens is 264 g/mol. The van der Waals surface area contributed by atoms with E-state index in [1.165, 1.54) is 0 Å². The third kappa shape index (κ3) is 56.0. The average Bonchev–Trinajstić information content (AvgIpc) is 2.41. The highest BCUT2D eigenvalue weighted by Gasteiger charge is 1.91. The average molecular weight is 288 g/mol. The van der Waals surface area contributed by atoms with Crippen molar-refractivity contribution in [3.05, 3.63) is 0 Å². The van der Waals surface area contributed by atoms with Gasteiger partial charge in [0.15, 0.2) is 0 Å². The number of carbonyl (C=O) groups is 2. The summed E-state index contributed by atoms with van der Waals surface area (Å²) in [6, 6.07) is 0. The van der Waals surface area contributed by atoms with Gasteiger partial charge in [0.2, 0.25) is 0 Å². The molecule has 0 atom stereocenters. The zero-order valence-corrected chi connectivity index (χ0v) is 12.7. The van der Waals surface area contributed by atoms with E-state index in [-0.39, 0.29) is 12.3 Å². The van der Waals surface area contributed by atoms with Crippen LogP contribution in [-0.4, -0.2) is 23.9 Å². The van der Waals surface area contributed by atoms with Crippen molar-refractivity contribution in [1.82, 2.24) is 0 Å². The van der Waals surface area contributed by atoms with Gasteiger partial charge in [-0.15, -0.1) is 0 Å². The quantitative estimate of drug-likeness (QED) is 0.743. The highest BCUT2D eigenvalue weighted by atomic mass is 16.2. The highest BCUT2D eigenvalue weighted by Crippen LogP contribution is 1.91. The molecule has 0 amide bonds. The molecule has 0 spiro atoms. The van der Waals surface area contributed by atoms with Crippen molar-refractivity contribution in [3.8, 4) is 0 Å². The molecule has 6 heteroatoms. The first-order valence-electron chi connectivity index (χ1n) is 6.47. The summed E-state index contributed by atoms with van der Waals surface area (Å²) in [6.45, 7) is 7.84. The van der Waals surface area contributed by atoms with Gasteiger partial charge in [-0.25, -0.2) is 0 Å². The number of ketones is 2. The summed E-state index contributed by atoms with van der Waals surface area (Å²) in [5, 5.41) is 0. The molecular formula is C14H24O6. The van der Waals surface area contributed by atoms with Crippen molar-refractivity contribution in [2.75, 3.05) is 0 Å². The fourth-order valence-corrected chi connectivity index (χ4v) is 0.911. The van der Waals surface area contributed by atoms with Gasteiger partial charge >= 0.3 is 12.3 Å². The second-order valence-electron chi connectivity index (χ2n) is 3.45. The Balaban J connectivity index is -0.0000000927. The van der Waals surface area contributed by atoms with Crippen LogP contribution in [0.2, 0.25) is 0 Å². The summed E-state index contributed by atoms with van der Waals surface area (Å²) in [5.74, 6) is 0.755. The van der Waals surface area contributed by atoms with E-state index in [4.69, 9.17) is 19.2 Å². The molecule has 0 aromatic heterocycles. The summed E-state index contributed by atoms with van der Waals surface area (Å²) >= 11 is 0. The lowest BCUT2D eigenvalue weighted by Gasteiger charge is -1.87. The Kier molecular flexibility index (Phi) is 40.3. The van der Waals surface area contributed by atoms with E-state index < -0.39 is 0 Å². The van der Waals surface area contributed by atoms with Gasteiger partial charge in [-0.1, -0.05) is 27.7 Å². The fraction of sp³-hybridized carbons (Fsp3) is 0.714. The van der Waals surface area contributed by atoms with Crippen molar-refractivity contribution < 1.29 is 28.8 Å². The molecule has 0 rings (SSSR count). The van der Waals surface area contributed by atoms with E-state index in [1.54, 1.807) is 0 Å². The number of hydrogen-bond donors (Lipinski definition) is 0. The predicted molar refractivity (Wildman–Crippen MR) is 70.4 cm³/mol. The Morgan fingerprint density at radius 1 is 0.650 bits per heavy atom. The third-order valence-corrected chi connectivity index (χ3v) is 1.85. The van der Waals surface area contributed by atoms with Gasteiger partial charge in [-0.3, -0.25) is 9.59 Å². The van der Waals surface area contributed by atoms with Crippen LogP contribution in [0.4, 0.5) is 0 Å². The van der Waals surface area contributed by atoms with E-state index in [1.807, 2.05) is 27.7 Å². The maximum Gasteiger partial charge on any atom is 0.373 e. The first kappa shape index (κ1) is 26.6. The van der Waals surface area contributed by atoms with Crippen LogP contribution in [0, 0.1) is 0 Å². The summed E-state index contributed by atoms with van der Waals surface area (Å²) in [5.41, 5.74) is 0. The SMILES string of the molecule is CCCC(=O)CC.CCCC(=O)CC.O=C=O.O=C=O. The first-order valence-corrected chi connectivity index (χ1v) is 6.47. The molecule has 0 aliphatic carbocycles. The van der Waals surface area contributed by atoms with Gasteiger partial charge in [0.05, 0.1) is 0 Å². The molecule has 0 saturated carbocycles. The number of hydrogen-bond acceptors (Lipinski definition) is 6. The van der Waals surface area contributed by atoms with Gasteiger partial charge in [0.25, 0.3) is 0 Å². The van der Waals surface area contributed by atoms with Crippen molar-refractivity contribution in [2.24, 2.45) is 0 Å². The van der Waals surface area contributed by atoms with E-state index in [9.17, 15) is 9.59 Å². The van der Waals surface area contributed by atoms with E-state index in [2.05, 4.69) is 0 Å². The Morgan fingerprint density at radius 2 is 0.850 bits per heavy atom. The maximum atomic E-state index is 10.4. The lowest BCUT2D eigenvalue weighted by atomic mass is 10.2.